The van der Waals surface area contributed by atoms with Gasteiger partial charge < -0.3 is 10.2 Å². The molecular formula is C16H22N2O2S2. The van der Waals surface area contributed by atoms with Crippen LogP contribution >= 0.6 is 24.0 Å². The minimum Gasteiger partial charge on any atom is -0.358 e. The lowest BCUT2D eigenvalue weighted by Crippen LogP contribution is -2.37. The van der Waals surface area contributed by atoms with Gasteiger partial charge in [-0.25, -0.2) is 0 Å². The highest BCUT2D eigenvalue weighted by atomic mass is 32.2. The summed E-state index contributed by atoms with van der Waals surface area (Å²) in [4.78, 5) is 26.3. The molecule has 1 N–H and O–H groups in total. The van der Waals surface area contributed by atoms with Crippen LogP contribution in [0.4, 0.5) is 0 Å². The minimum atomic E-state index is 0.0469. The molecule has 0 aromatic rings. The standard InChI is InChI=1S/C16H22N2O2S2/c19-14-7-5-12-13(17-14)6-4-11(15(12)20)10-22-16(21)18-8-2-1-3-9-18/h11H,1-10H2,(H,17,19). The number of likely N-dealkylation sites (tertiary alicyclic amines) is 1. The van der Waals surface area contributed by atoms with Crippen LogP contribution in [-0.2, 0) is 9.59 Å². The maximum Gasteiger partial charge on any atom is 0.224 e. The van der Waals surface area contributed by atoms with E-state index in [-0.39, 0.29) is 17.6 Å². The molecule has 2 aliphatic heterocycles. The van der Waals surface area contributed by atoms with Gasteiger partial charge >= 0.3 is 0 Å². The van der Waals surface area contributed by atoms with Crippen molar-refractivity contribution in [1.82, 2.24) is 10.2 Å². The van der Waals surface area contributed by atoms with Crippen LogP contribution in [-0.4, -0.2) is 39.8 Å². The Morgan fingerprint density at radius 1 is 1.18 bits per heavy atom. The molecule has 4 nitrogen and oxygen atoms in total. The van der Waals surface area contributed by atoms with Crippen molar-refractivity contribution in [1.29, 1.82) is 0 Å². The van der Waals surface area contributed by atoms with Gasteiger partial charge in [-0.15, -0.1) is 0 Å². The number of thiocarbonyl (C=S) groups is 1. The van der Waals surface area contributed by atoms with Gasteiger partial charge in [0.25, 0.3) is 0 Å². The zero-order valence-corrected chi connectivity index (χ0v) is 14.4. The van der Waals surface area contributed by atoms with Crippen molar-refractivity contribution in [2.45, 2.75) is 44.9 Å². The number of piperidine rings is 1. The van der Waals surface area contributed by atoms with Gasteiger partial charge in [-0.1, -0.05) is 24.0 Å². The summed E-state index contributed by atoms with van der Waals surface area (Å²) in [6.07, 6.45) is 6.43. The number of rotatable bonds is 2. The van der Waals surface area contributed by atoms with Crippen molar-refractivity contribution in [3.63, 3.8) is 0 Å². The van der Waals surface area contributed by atoms with Crippen molar-refractivity contribution in [2.75, 3.05) is 18.8 Å². The van der Waals surface area contributed by atoms with Crippen LogP contribution in [0.5, 0.6) is 0 Å². The molecular weight excluding hydrogens is 316 g/mol. The van der Waals surface area contributed by atoms with Crippen LogP contribution in [0, 0.1) is 5.92 Å². The second-order valence-corrected chi connectivity index (χ2v) is 7.88. The minimum absolute atomic E-state index is 0.0469. The predicted molar refractivity (Wildman–Crippen MR) is 92.6 cm³/mol. The molecule has 3 rings (SSSR count). The van der Waals surface area contributed by atoms with Gasteiger partial charge in [0.2, 0.25) is 5.91 Å². The monoisotopic (exact) mass is 338 g/mol. The Kier molecular flexibility index (Phi) is 5.18. The van der Waals surface area contributed by atoms with Crippen LogP contribution in [0.2, 0.25) is 0 Å². The Bertz CT molecular complexity index is 524. The van der Waals surface area contributed by atoms with E-state index in [1.807, 2.05) is 0 Å². The number of carbonyl (C=O) groups excluding carboxylic acids is 2. The van der Waals surface area contributed by atoms with Crippen molar-refractivity contribution >= 4 is 40.0 Å². The van der Waals surface area contributed by atoms with E-state index in [9.17, 15) is 9.59 Å². The lowest BCUT2D eigenvalue weighted by Gasteiger charge is -2.31. The summed E-state index contributed by atoms with van der Waals surface area (Å²) in [6, 6.07) is 0. The van der Waals surface area contributed by atoms with Crippen molar-refractivity contribution in [3.8, 4) is 0 Å². The number of nitrogens with one attached hydrogen (secondary N) is 1. The van der Waals surface area contributed by atoms with E-state index in [2.05, 4.69) is 10.2 Å². The number of carbonyl (C=O) groups is 2. The molecule has 1 aliphatic carbocycles. The van der Waals surface area contributed by atoms with E-state index in [1.165, 1.54) is 19.3 Å². The highest BCUT2D eigenvalue weighted by molar-refractivity contribution is 8.22. The number of hydrogen-bond acceptors (Lipinski definition) is 4. The highest BCUT2D eigenvalue weighted by Gasteiger charge is 2.33. The molecule has 1 unspecified atom stereocenters. The fourth-order valence-corrected chi connectivity index (χ4v) is 4.79. The molecule has 22 heavy (non-hydrogen) atoms. The molecule has 1 saturated heterocycles. The number of amides is 1. The lowest BCUT2D eigenvalue weighted by molar-refractivity contribution is -0.122. The molecule has 1 fully saturated rings. The fraction of sp³-hybridized carbons (Fsp3) is 0.688. The molecule has 6 heteroatoms. The molecule has 120 valence electrons. The average molecular weight is 338 g/mol. The molecule has 1 amide bonds. The zero-order valence-electron chi connectivity index (χ0n) is 12.7. The van der Waals surface area contributed by atoms with E-state index >= 15 is 0 Å². The number of ketones is 1. The summed E-state index contributed by atoms with van der Waals surface area (Å²) in [5.74, 6) is 1.11. The third-order valence-corrected chi connectivity index (χ3v) is 6.38. The number of nitrogens with zero attached hydrogens (tertiary/aromatic N) is 1. The van der Waals surface area contributed by atoms with E-state index in [1.54, 1.807) is 11.8 Å². The summed E-state index contributed by atoms with van der Waals surface area (Å²) in [7, 11) is 0. The highest BCUT2D eigenvalue weighted by Crippen LogP contribution is 2.32. The second kappa shape index (κ2) is 7.13. The second-order valence-electron chi connectivity index (χ2n) is 6.23. The first kappa shape index (κ1) is 16.0. The van der Waals surface area contributed by atoms with Gasteiger partial charge in [0.1, 0.15) is 4.32 Å². The number of thioether (sulfide) groups is 1. The Morgan fingerprint density at radius 2 is 1.95 bits per heavy atom. The Balaban J connectivity index is 1.54. The van der Waals surface area contributed by atoms with E-state index in [0.717, 1.165) is 47.3 Å². The van der Waals surface area contributed by atoms with Gasteiger partial charge in [-0.05, 0) is 38.5 Å². The van der Waals surface area contributed by atoms with Gasteiger partial charge in [-0.3, -0.25) is 9.59 Å². The summed E-state index contributed by atoms with van der Waals surface area (Å²) in [5, 5.41) is 2.86. The third-order valence-electron chi connectivity index (χ3n) is 4.69. The Morgan fingerprint density at radius 3 is 2.73 bits per heavy atom. The molecule has 0 saturated carbocycles. The van der Waals surface area contributed by atoms with Crippen LogP contribution in [0.1, 0.15) is 44.9 Å². The first-order valence-corrected chi connectivity index (χ1v) is 9.52. The SMILES string of the molecule is O=C1CCC2=C(CCC(CSC(=S)N3CCCCC3)C2=O)N1. The maximum atomic E-state index is 12.6. The van der Waals surface area contributed by atoms with E-state index in [4.69, 9.17) is 12.2 Å². The smallest absolute Gasteiger partial charge is 0.224 e. The number of hydrogen-bond donors (Lipinski definition) is 1. The molecule has 0 spiro atoms. The lowest BCUT2D eigenvalue weighted by atomic mass is 9.83. The Hall–Kier alpha value is -0.880. The van der Waals surface area contributed by atoms with Crippen LogP contribution in [0.25, 0.3) is 0 Å². The third kappa shape index (κ3) is 3.54. The first-order chi connectivity index (χ1) is 10.6. The summed E-state index contributed by atoms with van der Waals surface area (Å²) in [5.41, 5.74) is 1.74. The summed E-state index contributed by atoms with van der Waals surface area (Å²) < 4.78 is 0.948. The van der Waals surface area contributed by atoms with Crippen molar-refractivity contribution in [3.05, 3.63) is 11.3 Å². The quantitative estimate of drug-likeness (QED) is 0.785. The molecule has 0 aromatic carbocycles. The van der Waals surface area contributed by atoms with E-state index in [0.29, 0.717) is 12.8 Å². The molecule has 0 radical (unpaired) electrons. The topological polar surface area (TPSA) is 49.4 Å². The van der Waals surface area contributed by atoms with Crippen LogP contribution in [0.3, 0.4) is 0 Å². The zero-order chi connectivity index (χ0) is 15.5. The molecule has 0 aromatic heterocycles. The molecule has 0 bridgehead atoms. The van der Waals surface area contributed by atoms with Crippen molar-refractivity contribution in [2.24, 2.45) is 5.92 Å². The predicted octanol–water partition coefficient (Wildman–Crippen LogP) is 2.63. The van der Waals surface area contributed by atoms with Gasteiger partial charge in [0, 0.05) is 42.5 Å². The first-order valence-electron chi connectivity index (χ1n) is 8.13. The molecule has 3 aliphatic rings. The van der Waals surface area contributed by atoms with E-state index < -0.39 is 0 Å². The Labute approximate surface area is 141 Å². The maximum absolute atomic E-state index is 12.6. The number of Topliss-reactive ketones (excluding diaryl/α,β-unsaturated/α-hetero) is 1. The number of allylic oxidation sites excluding steroid dienone is 2. The summed E-state index contributed by atoms with van der Waals surface area (Å²) >= 11 is 7.18. The van der Waals surface area contributed by atoms with Crippen LogP contribution < -0.4 is 5.32 Å². The van der Waals surface area contributed by atoms with Crippen LogP contribution in [0.15, 0.2) is 11.3 Å². The van der Waals surface area contributed by atoms with Gasteiger partial charge in [-0.2, -0.15) is 0 Å². The molecule has 2 heterocycles. The fourth-order valence-electron chi connectivity index (χ4n) is 3.38. The largest absolute Gasteiger partial charge is 0.358 e. The van der Waals surface area contributed by atoms with Gasteiger partial charge in [0.15, 0.2) is 5.78 Å². The van der Waals surface area contributed by atoms with Gasteiger partial charge in [0.05, 0.1) is 0 Å². The normalized spacial score (nSPS) is 25.8. The average Bonchev–Trinajstić information content (AvgIpc) is 2.54. The van der Waals surface area contributed by atoms with Crippen molar-refractivity contribution < 1.29 is 9.59 Å². The summed E-state index contributed by atoms with van der Waals surface area (Å²) in [6.45, 7) is 2.12. The molecule has 1 atom stereocenters.